The minimum atomic E-state index is -1.40. The van der Waals surface area contributed by atoms with Gasteiger partial charge in [0.25, 0.3) is 0 Å². The van der Waals surface area contributed by atoms with E-state index in [1.807, 2.05) is 0 Å². The highest BCUT2D eigenvalue weighted by Gasteiger charge is 2.45. The fourth-order valence-corrected chi connectivity index (χ4v) is 2.07. The summed E-state index contributed by atoms with van der Waals surface area (Å²) in [5, 5.41) is 0. The molecule has 2 rings (SSSR count). The van der Waals surface area contributed by atoms with Crippen molar-refractivity contribution in [3.63, 3.8) is 0 Å². The Kier molecular flexibility index (Phi) is 2.07. The van der Waals surface area contributed by atoms with Crippen molar-refractivity contribution in [1.82, 2.24) is 0 Å². The quantitative estimate of drug-likeness (QED) is 0.735. The van der Waals surface area contributed by atoms with Gasteiger partial charge in [-0.2, -0.15) is 0 Å². The summed E-state index contributed by atoms with van der Waals surface area (Å²) >= 11 is 0. The molecule has 0 amide bonds. The third-order valence-corrected chi connectivity index (χ3v) is 2.85. The Bertz CT molecular complexity index is 356. The molecule has 1 aromatic rings. The van der Waals surface area contributed by atoms with E-state index in [2.05, 4.69) is 0 Å². The number of aryl methyl sites for hydroxylation is 1. The number of nitrogens with two attached hydrogens (primary N) is 1. The molecule has 1 saturated carbocycles. The molecule has 0 aromatic heterocycles. The molecule has 76 valence electrons. The first-order valence-electron chi connectivity index (χ1n) is 4.72. The molecule has 3 heteroatoms. The molecule has 0 saturated heterocycles. The van der Waals surface area contributed by atoms with E-state index >= 15 is 0 Å². The predicted molar refractivity (Wildman–Crippen MR) is 51.1 cm³/mol. The van der Waals surface area contributed by atoms with Gasteiger partial charge in [0.05, 0.1) is 0 Å². The van der Waals surface area contributed by atoms with Gasteiger partial charge in [-0.25, -0.2) is 8.78 Å². The van der Waals surface area contributed by atoms with Gasteiger partial charge in [0, 0.05) is 18.9 Å². The first-order valence-corrected chi connectivity index (χ1v) is 4.72. The third kappa shape index (κ3) is 1.42. The second-order valence-electron chi connectivity index (χ2n) is 4.09. The van der Waals surface area contributed by atoms with E-state index in [0.29, 0.717) is 18.4 Å². The van der Waals surface area contributed by atoms with Crippen LogP contribution in [-0.4, -0.2) is 6.04 Å². The van der Waals surface area contributed by atoms with E-state index < -0.39 is 5.67 Å². The van der Waals surface area contributed by atoms with Crippen LogP contribution in [0.15, 0.2) is 18.2 Å². The van der Waals surface area contributed by atoms with Crippen LogP contribution in [0.5, 0.6) is 0 Å². The van der Waals surface area contributed by atoms with Gasteiger partial charge in [-0.15, -0.1) is 0 Å². The number of alkyl halides is 1. The molecule has 1 aromatic carbocycles. The lowest BCUT2D eigenvalue weighted by molar-refractivity contribution is 0.0396. The molecule has 0 heterocycles. The first-order chi connectivity index (χ1) is 6.51. The molecular weight excluding hydrogens is 184 g/mol. The lowest BCUT2D eigenvalue weighted by atomic mass is 9.72. The third-order valence-electron chi connectivity index (χ3n) is 2.85. The smallest absolute Gasteiger partial charge is 0.139 e. The number of rotatable bonds is 1. The molecule has 1 nitrogen and oxygen atoms in total. The summed E-state index contributed by atoms with van der Waals surface area (Å²) in [6.07, 6.45) is 0.606. The summed E-state index contributed by atoms with van der Waals surface area (Å²) in [6, 6.07) is 4.15. The van der Waals surface area contributed by atoms with Crippen LogP contribution >= 0.6 is 0 Å². The monoisotopic (exact) mass is 197 g/mol. The molecule has 1 aliphatic rings. The highest BCUT2D eigenvalue weighted by atomic mass is 19.1. The van der Waals surface area contributed by atoms with E-state index in [1.165, 1.54) is 12.1 Å². The maximum absolute atomic E-state index is 14.1. The van der Waals surface area contributed by atoms with Crippen LogP contribution in [0.2, 0.25) is 0 Å². The van der Waals surface area contributed by atoms with E-state index in [4.69, 9.17) is 5.73 Å². The summed E-state index contributed by atoms with van der Waals surface area (Å²) in [5.41, 5.74) is 5.40. The maximum atomic E-state index is 14.1. The van der Waals surface area contributed by atoms with Crippen molar-refractivity contribution < 1.29 is 8.78 Å². The van der Waals surface area contributed by atoms with E-state index in [-0.39, 0.29) is 11.9 Å². The van der Waals surface area contributed by atoms with E-state index in [1.54, 1.807) is 13.0 Å². The minimum absolute atomic E-state index is 0.0809. The molecular formula is C11H13F2N. The van der Waals surface area contributed by atoms with Crippen molar-refractivity contribution >= 4 is 0 Å². The normalized spacial score (nSPS) is 31.3. The molecule has 0 radical (unpaired) electrons. The zero-order chi connectivity index (χ0) is 10.3. The molecule has 1 aliphatic carbocycles. The van der Waals surface area contributed by atoms with Gasteiger partial charge in [0.15, 0.2) is 0 Å². The van der Waals surface area contributed by atoms with Crippen LogP contribution in [0.4, 0.5) is 8.78 Å². The Morgan fingerprint density at radius 3 is 2.64 bits per heavy atom. The SMILES string of the molecule is Cc1ccc(F)cc1C1(F)CC(N)C1. The second kappa shape index (κ2) is 3.02. The van der Waals surface area contributed by atoms with Gasteiger partial charge in [0.2, 0.25) is 0 Å². The van der Waals surface area contributed by atoms with Crippen LogP contribution in [0.1, 0.15) is 24.0 Å². The van der Waals surface area contributed by atoms with Crippen molar-refractivity contribution in [2.45, 2.75) is 31.5 Å². The van der Waals surface area contributed by atoms with Gasteiger partial charge in [0.1, 0.15) is 11.5 Å². The van der Waals surface area contributed by atoms with Crippen molar-refractivity contribution in [3.8, 4) is 0 Å². The largest absolute Gasteiger partial charge is 0.327 e. The standard InChI is InChI=1S/C11H13F2N/c1-7-2-3-8(12)4-10(7)11(13)5-9(14)6-11/h2-4,9H,5-6,14H2,1H3. The summed E-state index contributed by atoms with van der Waals surface area (Å²) in [5.74, 6) is -0.386. The topological polar surface area (TPSA) is 26.0 Å². The van der Waals surface area contributed by atoms with Gasteiger partial charge in [-0.3, -0.25) is 0 Å². The summed E-state index contributed by atoms with van der Waals surface area (Å²) in [7, 11) is 0. The van der Waals surface area contributed by atoms with Gasteiger partial charge in [-0.05, 0) is 30.2 Å². The van der Waals surface area contributed by atoms with Crippen molar-refractivity contribution in [1.29, 1.82) is 0 Å². The Morgan fingerprint density at radius 1 is 1.43 bits per heavy atom. The lowest BCUT2D eigenvalue weighted by Crippen LogP contribution is -2.46. The van der Waals surface area contributed by atoms with Crippen molar-refractivity contribution in [3.05, 3.63) is 35.1 Å². The van der Waals surface area contributed by atoms with Crippen molar-refractivity contribution in [2.24, 2.45) is 5.73 Å². The van der Waals surface area contributed by atoms with Gasteiger partial charge >= 0.3 is 0 Å². The summed E-state index contributed by atoms with van der Waals surface area (Å²) < 4.78 is 27.0. The lowest BCUT2D eigenvalue weighted by Gasteiger charge is -2.40. The average Bonchev–Trinajstić information content (AvgIpc) is 2.07. The Labute approximate surface area is 81.9 Å². The van der Waals surface area contributed by atoms with Crippen molar-refractivity contribution in [2.75, 3.05) is 0 Å². The minimum Gasteiger partial charge on any atom is -0.327 e. The highest BCUT2D eigenvalue weighted by molar-refractivity contribution is 5.34. The Morgan fingerprint density at radius 2 is 2.07 bits per heavy atom. The molecule has 0 spiro atoms. The van der Waals surface area contributed by atoms with Gasteiger partial charge in [-0.1, -0.05) is 6.07 Å². The fourth-order valence-electron chi connectivity index (χ4n) is 2.07. The summed E-state index contributed by atoms with van der Waals surface area (Å²) in [4.78, 5) is 0. The maximum Gasteiger partial charge on any atom is 0.139 e. The Hall–Kier alpha value is -0.960. The van der Waals surface area contributed by atoms with Crippen LogP contribution in [0.25, 0.3) is 0 Å². The average molecular weight is 197 g/mol. The molecule has 0 unspecified atom stereocenters. The molecule has 14 heavy (non-hydrogen) atoms. The number of hydrogen-bond acceptors (Lipinski definition) is 1. The fraction of sp³-hybridized carbons (Fsp3) is 0.455. The molecule has 0 bridgehead atoms. The number of halogens is 2. The molecule has 0 aliphatic heterocycles. The second-order valence-corrected chi connectivity index (χ2v) is 4.09. The first kappa shape index (κ1) is 9.59. The molecule has 1 fully saturated rings. The van der Waals surface area contributed by atoms with Crippen LogP contribution < -0.4 is 5.73 Å². The summed E-state index contributed by atoms with van der Waals surface area (Å²) in [6.45, 7) is 1.79. The van der Waals surface area contributed by atoms with E-state index in [9.17, 15) is 8.78 Å². The zero-order valence-corrected chi connectivity index (χ0v) is 8.06. The Balaban J connectivity index is 2.36. The van der Waals surface area contributed by atoms with E-state index in [0.717, 1.165) is 5.56 Å². The number of hydrogen-bond donors (Lipinski definition) is 1. The van der Waals surface area contributed by atoms with Crippen LogP contribution in [0.3, 0.4) is 0 Å². The zero-order valence-electron chi connectivity index (χ0n) is 8.06. The molecule has 2 N–H and O–H groups in total. The predicted octanol–water partition coefficient (Wildman–Crippen LogP) is 2.42. The van der Waals surface area contributed by atoms with Crippen LogP contribution in [0, 0.1) is 12.7 Å². The molecule has 0 atom stereocenters. The van der Waals surface area contributed by atoms with Gasteiger partial charge < -0.3 is 5.73 Å². The van der Waals surface area contributed by atoms with Crippen LogP contribution in [-0.2, 0) is 5.67 Å². The number of benzene rings is 1. The highest BCUT2D eigenvalue weighted by Crippen LogP contribution is 2.45.